The normalized spacial score (nSPS) is 16.6. The van der Waals surface area contributed by atoms with Gasteiger partial charge in [-0.3, -0.25) is 4.79 Å². The molecule has 1 saturated carbocycles. The molecule has 0 aliphatic heterocycles. The van der Waals surface area contributed by atoms with Crippen molar-refractivity contribution in [1.29, 1.82) is 0 Å². The number of hydrogen-bond acceptors (Lipinski definition) is 2. The molecule has 1 fully saturated rings. The third kappa shape index (κ3) is 3.14. The summed E-state index contributed by atoms with van der Waals surface area (Å²) in [5.74, 6) is -0.00751. The number of aromatic nitrogens is 1. The third-order valence-corrected chi connectivity index (χ3v) is 4.06. The van der Waals surface area contributed by atoms with Crippen molar-refractivity contribution in [2.45, 2.75) is 19.3 Å². The molecule has 1 aromatic heterocycles. The molecule has 0 unspecified atom stereocenters. The van der Waals surface area contributed by atoms with E-state index < -0.39 is 0 Å². The summed E-state index contributed by atoms with van der Waals surface area (Å²) in [6, 6.07) is 1.84. The number of carbonyl (C=O) groups excluding carboxylic acids is 1. The highest BCUT2D eigenvalue weighted by atomic mass is 79.9. The Labute approximate surface area is 116 Å². The lowest BCUT2D eigenvalue weighted by Gasteiger charge is -2.15. The minimum atomic E-state index is -0.00751. The van der Waals surface area contributed by atoms with Crippen molar-refractivity contribution in [2.24, 2.45) is 12.5 Å². The molecular weight excluding hydrogens is 296 g/mol. The first-order chi connectivity index (χ1) is 8.56. The van der Waals surface area contributed by atoms with Gasteiger partial charge in [-0.2, -0.15) is 0 Å². The number of carbonyl (C=O) groups is 1. The molecule has 1 heterocycles. The molecule has 1 aliphatic rings. The molecule has 0 atom stereocenters. The maximum Gasteiger partial charge on any atom is 0.267 e. The van der Waals surface area contributed by atoms with Crippen molar-refractivity contribution in [2.75, 3.05) is 20.3 Å². The van der Waals surface area contributed by atoms with E-state index in [1.54, 1.807) is 7.11 Å². The van der Waals surface area contributed by atoms with E-state index in [9.17, 15) is 4.79 Å². The summed E-state index contributed by atoms with van der Waals surface area (Å²) in [4.78, 5) is 12.0. The highest BCUT2D eigenvalue weighted by molar-refractivity contribution is 9.10. The van der Waals surface area contributed by atoms with E-state index >= 15 is 0 Å². The van der Waals surface area contributed by atoms with Gasteiger partial charge in [0.15, 0.2) is 0 Å². The second kappa shape index (κ2) is 5.45. The number of nitrogens with zero attached hydrogens (tertiary/aromatic N) is 1. The highest BCUT2D eigenvalue weighted by Gasteiger charge is 2.42. The largest absolute Gasteiger partial charge is 0.385 e. The molecule has 0 spiro atoms. The molecule has 0 radical (unpaired) electrons. The topological polar surface area (TPSA) is 43.3 Å². The van der Waals surface area contributed by atoms with Crippen LogP contribution in [0.2, 0.25) is 0 Å². The Morgan fingerprint density at radius 3 is 2.83 bits per heavy atom. The Balaban J connectivity index is 1.87. The SMILES string of the molecule is COCCC1(CNC(=O)c2cc(Br)cn2C)CC1. The van der Waals surface area contributed by atoms with Gasteiger partial charge in [-0.1, -0.05) is 0 Å². The predicted molar refractivity (Wildman–Crippen MR) is 73.6 cm³/mol. The minimum absolute atomic E-state index is 0.00751. The minimum Gasteiger partial charge on any atom is -0.385 e. The Bertz CT molecular complexity index is 438. The molecule has 0 bridgehead atoms. The molecule has 2 rings (SSSR count). The zero-order chi connectivity index (χ0) is 13.2. The van der Waals surface area contributed by atoms with Crippen molar-refractivity contribution in [1.82, 2.24) is 9.88 Å². The summed E-state index contributed by atoms with van der Waals surface area (Å²) in [5, 5.41) is 3.03. The van der Waals surface area contributed by atoms with Gasteiger partial charge in [0.05, 0.1) is 0 Å². The van der Waals surface area contributed by atoms with Gasteiger partial charge < -0.3 is 14.6 Å². The fraction of sp³-hybridized carbons (Fsp3) is 0.615. The number of rotatable bonds is 6. The smallest absolute Gasteiger partial charge is 0.267 e. The number of aryl methyl sites for hydroxylation is 1. The molecule has 0 aromatic carbocycles. The first-order valence-electron chi connectivity index (χ1n) is 6.15. The molecule has 100 valence electrons. The number of methoxy groups -OCH3 is 1. The predicted octanol–water partition coefficient (Wildman–Crippen LogP) is 2.33. The van der Waals surface area contributed by atoms with Crippen LogP contribution < -0.4 is 5.32 Å². The lowest BCUT2D eigenvalue weighted by molar-refractivity contribution is 0.0930. The first kappa shape index (κ1) is 13.6. The molecule has 1 N–H and O–H groups in total. The number of amides is 1. The van der Waals surface area contributed by atoms with Crippen LogP contribution in [-0.4, -0.2) is 30.7 Å². The van der Waals surface area contributed by atoms with Gasteiger partial charge in [0.2, 0.25) is 0 Å². The molecule has 0 saturated heterocycles. The van der Waals surface area contributed by atoms with Crippen molar-refractivity contribution in [3.05, 3.63) is 22.4 Å². The van der Waals surface area contributed by atoms with Crippen LogP contribution in [0, 0.1) is 5.41 Å². The number of nitrogens with one attached hydrogen (secondary N) is 1. The summed E-state index contributed by atoms with van der Waals surface area (Å²) >= 11 is 3.37. The molecule has 1 aromatic rings. The first-order valence-corrected chi connectivity index (χ1v) is 6.95. The van der Waals surface area contributed by atoms with Crippen molar-refractivity contribution in [3.63, 3.8) is 0 Å². The van der Waals surface area contributed by atoms with E-state index in [1.165, 1.54) is 12.8 Å². The van der Waals surface area contributed by atoms with Crippen molar-refractivity contribution >= 4 is 21.8 Å². The zero-order valence-electron chi connectivity index (χ0n) is 10.8. The van der Waals surface area contributed by atoms with Gasteiger partial charge in [0.1, 0.15) is 5.69 Å². The van der Waals surface area contributed by atoms with E-state index in [-0.39, 0.29) is 11.3 Å². The highest BCUT2D eigenvalue weighted by Crippen LogP contribution is 2.48. The standard InChI is InChI=1S/C13H19BrN2O2/c1-16-8-10(14)7-11(16)12(17)15-9-13(3-4-13)5-6-18-2/h7-8H,3-6,9H2,1-2H3,(H,15,17). The fourth-order valence-corrected chi connectivity index (χ4v) is 2.64. The average Bonchev–Trinajstić information content (AvgIpc) is 3.03. The van der Waals surface area contributed by atoms with Crippen LogP contribution in [0.25, 0.3) is 0 Å². The third-order valence-electron chi connectivity index (χ3n) is 3.62. The second-order valence-corrected chi connectivity index (χ2v) is 6.00. The van der Waals surface area contributed by atoms with Gasteiger partial charge in [-0.15, -0.1) is 0 Å². The van der Waals surface area contributed by atoms with Gasteiger partial charge in [-0.05, 0) is 46.7 Å². The van der Waals surface area contributed by atoms with Crippen LogP contribution >= 0.6 is 15.9 Å². The van der Waals surface area contributed by atoms with Gasteiger partial charge in [-0.25, -0.2) is 0 Å². The zero-order valence-corrected chi connectivity index (χ0v) is 12.4. The molecular formula is C13H19BrN2O2. The Morgan fingerprint density at radius 1 is 1.61 bits per heavy atom. The van der Waals surface area contributed by atoms with Gasteiger partial charge in [0.25, 0.3) is 5.91 Å². The van der Waals surface area contributed by atoms with Crippen LogP contribution in [0.5, 0.6) is 0 Å². The van der Waals surface area contributed by atoms with Crippen LogP contribution in [0.4, 0.5) is 0 Å². The Kier molecular flexibility index (Phi) is 4.12. The molecule has 4 nitrogen and oxygen atoms in total. The maximum absolute atomic E-state index is 12.0. The second-order valence-electron chi connectivity index (χ2n) is 5.08. The molecule has 5 heteroatoms. The summed E-state index contributed by atoms with van der Waals surface area (Å²) in [6.45, 7) is 1.52. The average molecular weight is 315 g/mol. The maximum atomic E-state index is 12.0. The summed E-state index contributed by atoms with van der Waals surface area (Å²) in [7, 11) is 3.59. The van der Waals surface area contributed by atoms with Gasteiger partial charge >= 0.3 is 0 Å². The van der Waals surface area contributed by atoms with E-state index in [2.05, 4.69) is 21.2 Å². The fourth-order valence-electron chi connectivity index (χ4n) is 2.12. The van der Waals surface area contributed by atoms with Crippen LogP contribution in [0.15, 0.2) is 16.7 Å². The molecule has 1 amide bonds. The number of halogens is 1. The Hall–Kier alpha value is -0.810. The van der Waals surface area contributed by atoms with E-state index in [4.69, 9.17) is 4.74 Å². The lowest BCUT2D eigenvalue weighted by Crippen LogP contribution is -2.31. The van der Waals surface area contributed by atoms with Crippen molar-refractivity contribution in [3.8, 4) is 0 Å². The quantitative estimate of drug-likeness (QED) is 0.875. The van der Waals surface area contributed by atoms with E-state index in [0.29, 0.717) is 5.69 Å². The van der Waals surface area contributed by atoms with Crippen LogP contribution in [0.3, 0.4) is 0 Å². The van der Waals surface area contributed by atoms with Gasteiger partial charge in [0, 0.05) is 38.0 Å². The summed E-state index contributed by atoms with van der Waals surface area (Å²) < 4.78 is 7.86. The summed E-state index contributed by atoms with van der Waals surface area (Å²) in [5.41, 5.74) is 0.970. The monoisotopic (exact) mass is 314 g/mol. The van der Waals surface area contributed by atoms with Crippen molar-refractivity contribution < 1.29 is 9.53 Å². The van der Waals surface area contributed by atoms with E-state index in [0.717, 1.165) is 24.0 Å². The number of hydrogen-bond donors (Lipinski definition) is 1. The lowest BCUT2D eigenvalue weighted by atomic mass is 10.0. The Morgan fingerprint density at radius 2 is 2.33 bits per heavy atom. The van der Waals surface area contributed by atoms with Crippen LogP contribution in [-0.2, 0) is 11.8 Å². The van der Waals surface area contributed by atoms with E-state index in [1.807, 2.05) is 23.9 Å². The molecule has 18 heavy (non-hydrogen) atoms. The number of ether oxygens (including phenoxy) is 1. The summed E-state index contributed by atoms with van der Waals surface area (Å²) in [6.07, 6.45) is 5.29. The van der Waals surface area contributed by atoms with Crippen LogP contribution in [0.1, 0.15) is 29.8 Å². The molecule has 1 aliphatic carbocycles.